The minimum absolute atomic E-state index is 0.165. The molecule has 0 aromatic heterocycles. The zero-order valence-corrected chi connectivity index (χ0v) is 10.6. The van der Waals surface area contributed by atoms with Gasteiger partial charge in [0.25, 0.3) is 0 Å². The maximum absolute atomic E-state index is 11.5. The van der Waals surface area contributed by atoms with Crippen molar-refractivity contribution in [3.8, 4) is 5.75 Å². The first kappa shape index (κ1) is 13.6. The Balaban J connectivity index is 2.25. The van der Waals surface area contributed by atoms with Gasteiger partial charge in [0.15, 0.2) is 0 Å². The molecule has 3 nitrogen and oxygen atoms in total. The summed E-state index contributed by atoms with van der Waals surface area (Å²) in [6.45, 7) is 4.17. The predicted molar refractivity (Wildman–Crippen MR) is 69.2 cm³/mol. The molecule has 0 radical (unpaired) electrons. The van der Waals surface area contributed by atoms with Gasteiger partial charge in [0.2, 0.25) is 0 Å². The van der Waals surface area contributed by atoms with Crippen LogP contribution in [-0.2, 0) is 0 Å². The van der Waals surface area contributed by atoms with Crippen molar-refractivity contribution >= 4 is 6.09 Å². The Morgan fingerprint density at radius 3 is 2.65 bits per heavy atom. The summed E-state index contributed by atoms with van der Waals surface area (Å²) >= 11 is 0. The van der Waals surface area contributed by atoms with Crippen molar-refractivity contribution in [2.45, 2.75) is 45.6 Å². The molecule has 0 aliphatic heterocycles. The first-order valence-electron chi connectivity index (χ1n) is 6.25. The molecule has 1 rings (SSSR count). The molecule has 1 amide bonds. The topological polar surface area (TPSA) is 38.3 Å². The molecule has 1 N–H and O–H groups in total. The fraction of sp³-hybridized carbons (Fsp3) is 0.500. The van der Waals surface area contributed by atoms with Gasteiger partial charge in [-0.05, 0) is 25.5 Å². The smallest absolute Gasteiger partial charge is 0.410 e. The van der Waals surface area contributed by atoms with Crippen molar-refractivity contribution in [3.63, 3.8) is 0 Å². The number of carbonyl (C=O) groups excluding carboxylic acids is 1. The van der Waals surface area contributed by atoms with E-state index in [2.05, 4.69) is 12.2 Å². The Morgan fingerprint density at radius 2 is 2.00 bits per heavy atom. The Labute approximate surface area is 103 Å². The first-order valence-corrected chi connectivity index (χ1v) is 6.25. The number of benzene rings is 1. The monoisotopic (exact) mass is 235 g/mol. The number of nitrogens with one attached hydrogen (secondary N) is 1. The molecule has 0 heterocycles. The number of hydrogen-bond donors (Lipinski definition) is 1. The van der Waals surface area contributed by atoms with Gasteiger partial charge < -0.3 is 10.1 Å². The van der Waals surface area contributed by atoms with Crippen molar-refractivity contribution in [2.24, 2.45) is 0 Å². The maximum atomic E-state index is 11.5. The van der Waals surface area contributed by atoms with Crippen LogP contribution in [0.15, 0.2) is 30.3 Å². The second-order valence-electron chi connectivity index (χ2n) is 4.24. The molecular weight excluding hydrogens is 214 g/mol. The lowest BCUT2D eigenvalue weighted by atomic mass is 10.1. The lowest BCUT2D eigenvalue weighted by Gasteiger charge is -2.13. The standard InChI is InChI=1S/C14H21NO2/c1-3-4-6-9-12(2)15-14(16)17-13-10-7-5-8-11-13/h5,7-8,10-12H,3-4,6,9H2,1-2H3,(H,15,16). The number of amides is 1. The molecular formula is C14H21NO2. The van der Waals surface area contributed by atoms with Crippen LogP contribution in [0.4, 0.5) is 4.79 Å². The average molecular weight is 235 g/mol. The summed E-state index contributed by atoms with van der Waals surface area (Å²) in [6.07, 6.45) is 4.17. The number of ether oxygens (including phenoxy) is 1. The molecule has 1 aromatic carbocycles. The second kappa shape index (κ2) is 7.71. The molecule has 0 spiro atoms. The normalized spacial score (nSPS) is 11.9. The van der Waals surface area contributed by atoms with E-state index in [0.717, 1.165) is 12.8 Å². The van der Waals surface area contributed by atoms with Gasteiger partial charge in [-0.3, -0.25) is 0 Å². The quantitative estimate of drug-likeness (QED) is 0.763. The third-order valence-corrected chi connectivity index (χ3v) is 2.56. The van der Waals surface area contributed by atoms with Gasteiger partial charge >= 0.3 is 6.09 Å². The lowest BCUT2D eigenvalue weighted by Crippen LogP contribution is -2.34. The summed E-state index contributed by atoms with van der Waals surface area (Å²) in [5, 5.41) is 2.83. The fourth-order valence-electron chi connectivity index (χ4n) is 1.60. The van der Waals surface area contributed by atoms with E-state index in [1.165, 1.54) is 12.8 Å². The first-order chi connectivity index (χ1) is 8.22. The molecule has 0 bridgehead atoms. The highest BCUT2D eigenvalue weighted by atomic mass is 16.6. The van der Waals surface area contributed by atoms with Crippen LogP contribution < -0.4 is 10.1 Å². The van der Waals surface area contributed by atoms with E-state index >= 15 is 0 Å². The molecule has 1 unspecified atom stereocenters. The summed E-state index contributed by atoms with van der Waals surface area (Å²) in [5.74, 6) is 0.575. The largest absolute Gasteiger partial charge is 0.412 e. The van der Waals surface area contributed by atoms with Crippen molar-refractivity contribution < 1.29 is 9.53 Å². The zero-order valence-electron chi connectivity index (χ0n) is 10.6. The van der Waals surface area contributed by atoms with Crippen LogP contribution >= 0.6 is 0 Å². The summed E-state index contributed by atoms with van der Waals surface area (Å²) < 4.78 is 5.14. The molecule has 1 atom stereocenters. The van der Waals surface area contributed by atoms with Gasteiger partial charge in [0.1, 0.15) is 5.75 Å². The van der Waals surface area contributed by atoms with Crippen molar-refractivity contribution in [1.29, 1.82) is 0 Å². The van der Waals surface area contributed by atoms with Crippen LogP contribution in [0.25, 0.3) is 0 Å². The van der Waals surface area contributed by atoms with Crippen molar-refractivity contribution in [3.05, 3.63) is 30.3 Å². The molecule has 0 aliphatic rings. The van der Waals surface area contributed by atoms with Gasteiger partial charge in [0.05, 0.1) is 0 Å². The van der Waals surface area contributed by atoms with Crippen LogP contribution in [0.5, 0.6) is 5.75 Å². The summed E-state index contributed by atoms with van der Waals surface area (Å²) in [5.41, 5.74) is 0. The average Bonchev–Trinajstić information content (AvgIpc) is 2.30. The Kier molecular flexibility index (Phi) is 6.15. The minimum Gasteiger partial charge on any atom is -0.410 e. The highest BCUT2D eigenvalue weighted by Crippen LogP contribution is 2.09. The lowest BCUT2D eigenvalue weighted by molar-refractivity contribution is 0.196. The van der Waals surface area contributed by atoms with Crippen LogP contribution in [0, 0.1) is 0 Å². The Bertz CT molecular complexity index is 324. The van der Waals surface area contributed by atoms with E-state index in [0.29, 0.717) is 5.75 Å². The van der Waals surface area contributed by atoms with Gasteiger partial charge in [-0.2, -0.15) is 0 Å². The highest BCUT2D eigenvalue weighted by Gasteiger charge is 2.08. The summed E-state index contributed by atoms with van der Waals surface area (Å²) in [6, 6.07) is 9.26. The van der Waals surface area contributed by atoms with Crippen LogP contribution in [0.2, 0.25) is 0 Å². The van der Waals surface area contributed by atoms with E-state index in [1.807, 2.05) is 25.1 Å². The van der Waals surface area contributed by atoms with Crippen molar-refractivity contribution in [2.75, 3.05) is 0 Å². The van der Waals surface area contributed by atoms with Gasteiger partial charge in [-0.1, -0.05) is 44.4 Å². The molecule has 1 aromatic rings. The molecule has 0 fully saturated rings. The number of carbonyl (C=O) groups is 1. The van der Waals surface area contributed by atoms with Crippen LogP contribution in [-0.4, -0.2) is 12.1 Å². The van der Waals surface area contributed by atoms with E-state index in [9.17, 15) is 4.79 Å². The molecule has 0 saturated heterocycles. The number of hydrogen-bond acceptors (Lipinski definition) is 2. The molecule has 0 aliphatic carbocycles. The second-order valence-corrected chi connectivity index (χ2v) is 4.24. The van der Waals surface area contributed by atoms with E-state index in [-0.39, 0.29) is 12.1 Å². The van der Waals surface area contributed by atoms with Crippen LogP contribution in [0.1, 0.15) is 39.5 Å². The highest BCUT2D eigenvalue weighted by molar-refractivity contribution is 5.70. The van der Waals surface area contributed by atoms with Crippen LogP contribution in [0.3, 0.4) is 0 Å². The maximum Gasteiger partial charge on any atom is 0.412 e. The Morgan fingerprint density at radius 1 is 1.29 bits per heavy atom. The fourth-order valence-corrected chi connectivity index (χ4v) is 1.60. The molecule has 17 heavy (non-hydrogen) atoms. The number of para-hydroxylation sites is 1. The summed E-state index contributed by atoms with van der Waals surface area (Å²) in [7, 11) is 0. The number of unbranched alkanes of at least 4 members (excludes halogenated alkanes) is 2. The number of rotatable bonds is 6. The molecule has 94 valence electrons. The van der Waals surface area contributed by atoms with E-state index < -0.39 is 0 Å². The van der Waals surface area contributed by atoms with Gasteiger partial charge in [0, 0.05) is 6.04 Å². The third kappa shape index (κ3) is 5.95. The molecule has 3 heteroatoms. The third-order valence-electron chi connectivity index (χ3n) is 2.56. The van der Waals surface area contributed by atoms with E-state index in [4.69, 9.17) is 4.74 Å². The Hall–Kier alpha value is -1.51. The minimum atomic E-state index is -0.375. The van der Waals surface area contributed by atoms with E-state index in [1.54, 1.807) is 12.1 Å². The predicted octanol–water partition coefficient (Wildman–Crippen LogP) is 3.74. The molecule has 0 saturated carbocycles. The zero-order chi connectivity index (χ0) is 12.5. The van der Waals surface area contributed by atoms with Crippen molar-refractivity contribution in [1.82, 2.24) is 5.32 Å². The van der Waals surface area contributed by atoms with Gasteiger partial charge in [-0.25, -0.2) is 4.79 Å². The van der Waals surface area contributed by atoms with Gasteiger partial charge in [-0.15, -0.1) is 0 Å². The SMILES string of the molecule is CCCCCC(C)NC(=O)Oc1ccccc1. The summed E-state index contributed by atoms with van der Waals surface area (Å²) in [4.78, 5) is 11.5.